The van der Waals surface area contributed by atoms with Gasteiger partial charge < -0.3 is 10.1 Å². The molecular weight excluding hydrogens is 434 g/mol. The molecule has 1 fully saturated rings. The zero-order valence-corrected chi connectivity index (χ0v) is 18.8. The van der Waals surface area contributed by atoms with Gasteiger partial charge in [0.1, 0.15) is 16.3 Å². The van der Waals surface area contributed by atoms with Crippen LogP contribution in [-0.4, -0.2) is 34.5 Å². The first-order valence-electron chi connectivity index (χ1n) is 9.85. The number of benzene rings is 2. The molecule has 0 saturated carbocycles. The summed E-state index contributed by atoms with van der Waals surface area (Å²) in [6.45, 7) is 1.92. The fraction of sp³-hybridized carbons (Fsp3) is 0.261. The average Bonchev–Trinajstić information content (AvgIpc) is 3.32. The molecule has 0 radical (unpaired) electrons. The highest BCUT2D eigenvalue weighted by molar-refractivity contribution is 7.13. The van der Waals surface area contributed by atoms with Crippen LogP contribution in [0.15, 0.2) is 53.9 Å². The summed E-state index contributed by atoms with van der Waals surface area (Å²) in [5.41, 5.74) is 1.76. The number of methoxy groups -OCH3 is 1. The molecule has 1 atom stereocenters. The Kier molecular flexibility index (Phi) is 5.98. The highest BCUT2D eigenvalue weighted by Gasteiger charge is 2.47. The second-order valence-electron chi connectivity index (χ2n) is 7.65. The minimum atomic E-state index is -0.938. The first-order chi connectivity index (χ1) is 14.9. The Morgan fingerprint density at radius 1 is 1.13 bits per heavy atom. The largest absolute Gasteiger partial charge is 0.497 e. The van der Waals surface area contributed by atoms with Gasteiger partial charge in [0.25, 0.3) is 5.91 Å². The lowest BCUT2D eigenvalue weighted by Gasteiger charge is -2.21. The highest BCUT2D eigenvalue weighted by atomic mass is 35.5. The van der Waals surface area contributed by atoms with E-state index in [-0.39, 0.29) is 18.5 Å². The molecule has 1 aliphatic rings. The fourth-order valence-corrected chi connectivity index (χ4v) is 4.46. The standard InChI is InChI=1S/C23H22ClN3O3S/c1-23(12-11-15-3-9-19(30-2)10-4-15)21(28)27(22(29)26-23)13-18-14-31-20(25-18)16-5-7-17(24)8-6-16/h3-10,14H,11-13H2,1-2H3,(H,26,29)/t23-/m1/s1. The maximum absolute atomic E-state index is 13.1. The number of nitrogens with one attached hydrogen (secondary N) is 1. The van der Waals surface area contributed by atoms with E-state index in [0.717, 1.165) is 21.9 Å². The third-order valence-corrected chi connectivity index (χ3v) is 6.57. The van der Waals surface area contributed by atoms with Crippen molar-refractivity contribution < 1.29 is 14.3 Å². The molecule has 2 aromatic carbocycles. The Morgan fingerprint density at radius 3 is 2.52 bits per heavy atom. The molecule has 8 heteroatoms. The summed E-state index contributed by atoms with van der Waals surface area (Å²) in [6, 6.07) is 14.7. The van der Waals surface area contributed by atoms with E-state index >= 15 is 0 Å². The lowest BCUT2D eigenvalue weighted by atomic mass is 9.93. The van der Waals surface area contributed by atoms with Gasteiger partial charge in [-0.3, -0.25) is 9.69 Å². The minimum absolute atomic E-state index is 0.146. The Hall–Kier alpha value is -2.90. The van der Waals surface area contributed by atoms with Crippen LogP contribution in [0.5, 0.6) is 5.75 Å². The number of carbonyl (C=O) groups excluding carboxylic acids is 2. The third-order valence-electron chi connectivity index (χ3n) is 5.38. The molecule has 0 bridgehead atoms. The van der Waals surface area contributed by atoms with Gasteiger partial charge in [0.05, 0.1) is 19.3 Å². The van der Waals surface area contributed by atoms with Gasteiger partial charge >= 0.3 is 6.03 Å². The molecule has 0 spiro atoms. The van der Waals surface area contributed by atoms with Gasteiger partial charge in [-0.1, -0.05) is 35.9 Å². The summed E-state index contributed by atoms with van der Waals surface area (Å²) < 4.78 is 5.18. The number of aromatic nitrogens is 1. The predicted molar refractivity (Wildman–Crippen MR) is 121 cm³/mol. The van der Waals surface area contributed by atoms with Crippen molar-refractivity contribution in [3.05, 3.63) is 70.2 Å². The van der Waals surface area contributed by atoms with Crippen molar-refractivity contribution in [1.29, 1.82) is 0 Å². The zero-order chi connectivity index (χ0) is 22.0. The van der Waals surface area contributed by atoms with E-state index in [1.165, 1.54) is 16.2 Å². The fourth-order valence-electron chi connectivity index (χ4n) is 3.51. The molecule has 0 aliphatic carbocycles. The van der Waals surface area contributed by atoms with Crippen LogP contribution in [0.2, 0.25) is 5.02 Å². The smallest absolute Gasteiger partial charge is 0.325 e. The summed E-state index contributed by atoms with van der Waals surface area (Å²) in [6.07, 6.45) is 1.17. The van der Waals surface area contributed by atoms with Crippen molar-refractivity contribution in [3.8, 4) is 16.3 Å². The number of halogens is 1. The van der Waals surface area contributed by atoms with Crippen LogP contribution in [-0.2, 0) is 17.8 Å². The quantitative estimate of drug-likeness (QED) is 0.513. The number of imide groups is 1. The van der Waals surface area contributed by atoms with Crippen LogP contribution in [0.3, 0.4) is 0 Å². The zero-order valence-electron chi connectivity index (χ0n) is 17.2. The number of hydrogen-bond donors (Lipinski definition) is 1. The molecule has 0 unspecified atom stereocenters. The monoisotopic (exact) mass is 455 g/mol. The second-order valence-corrected chi connectivity index (χ2v) is 8.95. The van der Waals surface area contributed by atoms with Crippen LogP contribution in [0.25, 0.3) is 10.6 Å². The van der Waals surface area contributed by atoms with Crippen LogP contribution in [0.1, 0.15) is 24.6 Å². The summed E-state index contributed by atoms with van der Waals surface area (Å²) in [5.74, 6) is 0.555. The van der Waals surface area contributed by atoms with Gasteiger partial charge in [0.15, 0.2) is 0 Å². The SMILES string of the molecule is COc1ccc(CC[C@@]2(C)NC(=O)N(Cc3csc(-c4ccc(Cl)cc4)n3)C2=O)cc1. The molecule has 1 aromatic heterocycles. The van der Waals surface area contributed by atoms with Gasteiger partial charge in [-0.05, 0) is 49.6 Å². The number of thiazole rings is 1. The van der Waals surface area contributed by atoms with Crippen molar-refractivity contribution in [2.75, 3.05) is 7.11 Å². The van der Waals surface area contributed by atoms with Crippen LogP contribution < -0.4 is 10.1 Å². The number of amides is 3. The summed E-state index contributed by atoms with van der Waals surface area (Å²) in [4.78, 5) is 31.4. The molecule has 1 aliphatic heterocycles. The number of aryl methyl sites for hydroxylation is 1. The molecule has 4 rings (SSSR count). The Labute approximate surface area is 189 Å². The molecular formula is C23H22ClN3O3S. The predicted octanol–water partition coefficient (Wildman–Crippen LogP) is 4.92. The average molecular weight is 456 g/mol. The van der Waals surface area contributed by atoms with Gasteiger partial charge in [-0.15, -0.1) is 11.3 Å². The molecule has 3 aromatic rings. The van der Waals surface area contributed by atoms with Crippen molar-refractivity contribution in [2.24, 2.45) is 0 Å². The van der Waals surface area contributed by atoms with E-state index in [4.69, 9.17) is 16.3 Å². The number of nitrogens with zero attached hydrogens (tertiary/aromatic N) is 2. The molecule has 31 heavy (non-hydrogen) atoms. The number of rotatable bonds is 7. The van der Waals surface area contributed by atoms with Crippen molar-refractivity contribution in [1.82, 2.24) is 15.2 Å². The lowest BCUT2D eigenvalue weighted by molar-refractivity contribution is -0.131. The summed E-state index contributed by atoms with van der Waals surface area (Å²) >= 11 is 7.41. The maximum atomic E-state index is 13.1. The van der Waals surface area contributed by atoms with E-state index in [9.17, 15) is 9.59 Å². The molecule has 6 nitrogen and oxygen atoms in total. The Morgan fingerprint density at radius 2 is 1.84 bits per heavy atom. The lowest BCUT2D eigenvalue weighted by Crippen LogP contribution is -2.44. The third kappa shape index (κ3) is 4.57. The van der Waals surface area contributed by atoms with Crippen molar-refractivity contribution >= 4 is 34.9 Å². The first-order valence-corrected chi connectivity index (χ1v) is 11.1. The molecule has 160 valence electrons. The summed E-state index contributed by atoms with van der Waals surface area (Å²) in [7, 11) is 1.62. The highest BCUT2D eigenvalue weighted by Crippen LogP contribution is 2.28. The molecule has 1 N–H and O–H groups in total. The number of hydrogen-bond acceptors (Lipinski definition) is 5. The Bertz CT molecular complexity index is 1100. The topological polar surface area (TPSA) is 71.5 Å². The normalized spacial score (nSPS) is 18.4. The number of ether oxygens (including phenoxy) is 1. The molecule has 3 amide bonds. The second kappa shape index (κ2) is 8.69. The minimum Gasteiger partial charge on any atom is -0.497 e. The van der Waals surface area contributed by atoms with E-state index in [1.807, 2.05) is 53.9 Å². The number of carbonyl (C=O) groups is 2. The maximum Gasteiger partial charge on any atom is 0.325 e. The van der Waals surface area contributed by atoms with Gasteiger partial charge in [-0.25, -0.2) is 9.78 Å². The van der Waals surface area contributed by atoms with Gasteiger partial charge in [0.2, 0.25) is 0 Å². The van der Waals surface area contributed by atoms with Crippen LogP contribution in [0, 0.1) is 0 Å². The van der Waals surface area contributed by atoms with Crippen molar-refractivity contribution in [3.63, 3.8) is 0 Å². The summed E-state index contributed by atoms with van der Waals surface area (Å²) in [5, 5.41) is 6.22. The van der Waals surface area contributed by atoms with E-state index in [0.29, 0.717) is 23.6 Å². The molecule has 1 saturated heterocycles. The van der Waals surface area contributed by atoms with Gasteiger partial charge in [0, 0.05) is 16.0 Å². The van der Waals surface area contributed by atoms with Crippen LogP contribution >= 0.6 is 22.9 Å². The van der Waals surface area contributed by atoms with E-state index in [1.54, 1.807) is 14.0 Å². The van der Waals surface area contributed by atoms with Gasteiger partial charge in [-0.2, -0.15) is 0 Å². The molecule has 2 heterocycles. The van der Waals surface area contributed by atoms with Crippen molar-refractivity contribution in [2.45, 2.75) is 31.8 Å². The van der Waals surface area contributed by atoms with Crippen LogP contribution in [0.4, 0.5) is 4.79 Å². The van der Waals surface area contributed by atoms with E-state index < -0.39 is 5.54 Å². The number of urea groups is 1. The Balaban J connectivity index is 1.42. The van der Waals surface area contributed by atoms with E-state index in [2.05, 4.69) is 10.3 Å². The first kappa shape index (κ1) is 21.3.